The molecule has 0 amide bonds. The Bertz CT molecular complexity index is 563. The maximum absolute atomic E-state index is 6.06. The Morgan fingerprint density at radius 2 is 2.20 bits per heavy atom. The second kappa shape index (κ2) is 6.91. The summed E-state index contributed by atoms with van der Waals surface area (Å²) in [6.07, 6.45) is 5.83. The van der Waals surface area contributed by atoms with Crippen LogP contribution in [-0.4, -0.2) is 16.1 Å². The SMILES string of the molecule is CCCNC(Cc1nccn1C)c1ccc(Cl)cc1C. The van der Waals surface area contributed by atoms with Crippen molar-refractivity contribution in [3.63, 3.8) is 0 Å². The maximum atomic E-state index is 6.06. The van der Waals surface area contributed by atoms with Gasteiger partial charge in [0.05, 0.1) is 0 Å². The first kappa shape index (κ1) is 15.1. The largest absolute Gasteiger partial charge is 0.338 e. The highest BCUT2D eigenvalue weighted by atomic mass is 35.5. The highest BCUT2D eigenvalue weighted by Gasteiger charge is 2.16. The Balaban J connectivity index is 2.24. The maximum Gasteiger partial charge on any atom is 0.110 e. The molecular formula is C16H22ClN3. The Morgan fingerprint density at radius 1 is 1.40 bits per heavy atom. The first-order valence-electron chi connectivity index (χ1n) is 7.07. The zero-order chi connectivity index (χ0) is 14.5. The molecule has 2 rings (SSSR count). The van der Waals surface area contributed by atoms with Crippen LogP contribution in [0.5, 0.6) is 0 Å². The number of halogens is 1. The predicted molar refractivity (Wildman–Crippen MR) is 84.1 cm³/mol. The van der Waals surface area contributed by atoms with Gasteiger partial charge in [0.1, 0.15) is 5.82 Å². The van der Waals surface area contributed by atoms with Gasteiger partial charge in [0.2, 0.25) is 0 Å². The summed E-state index contributed by atoms with van der Waals surface area (Å²) in [6.45, 7) is 5.29. The fourth-order valence-corrected chi connectivity index (χ4v) is 2.64. The fraction of sp³-hybridized carbons (Fsp3) is 0.438. The molecule has 0 radical (unpaired) electrons. The van der Waals surface area contributed by atoms with E-state index < -0.39 is 0 Å². The molecule has 1 aromatic heterocycles. The highest BCUT2D eigenvalue weighted by Crippen LogP contribution is 2.24. The van der Waals surface area contributed by atoms with Crippen molar-refractivity contribution in [3.05, 3.63) is 52.6 Å². The molecule has 108 valence electrons. The molecular weight excluding hydrogens is 270 g/mol. The molecule has 0 aliphatic carbocycles. The number of aryl methyl sites for hydroxylation is 2. The third-order valence-electron chi connectivity index (χ3n) is 3.56. The molecule has 1 heterocycles. The molecule has 2 aromatic rings. The molecule has 0 saturated carbocycles. The van der Waals surface area contributed by atoms with Gasteiger partial charge >= 0.3 is 0 Å². The van der Waals surface area contributed by atoms with E-state index in [0.717, 1.165) is 30.2 Å². The van der Waals surface area contributed by atoms with Crippen LogP contribution >= 0.6 is 11.6 Å². The number of aromatic nitrogens is 2. The molecule has 0 bridgehead atoms. The minimum absolute atomic E-state index is 0.272. The van der Waals surface area contributed by atoms with Crippen molar-refractivity contribution in [2.45, 2.75) is 32.7 Å². The molecule has 3 nitrogen and oxygen atoms in total. The summed E-state index contributed by atoms with van der Waals surface area (Å²) in [5.41, 5.74) is 2.52. The number of hydrogen-bond donors (Lipinski definition) is 1. The van der Waals surface area contributed by atoms with E-state index in [2.05, 4.69) is 34.8 Å². The lowest BCUT2D eigenvalue weighted by atomic mass is 9.98. The molecule has 0 aliphatic heterocycles. The molecule has 1 unspecified atom stereocenters. The van der Waals surface area contributed by atoms with E-state index in [4.69, 9.17) is 11.6 Å². The van der Waals surface area contributed by atoms with Crippen LogP contribution in [0.25, 0.3) is 0 Å². The van der Waals surface area contributed by atoms with Crippen molar-refractivity contribution in [1.82, 2.24) is 14.9 Å². The van der Waals surface area contributed by atoms with Crippen molar-refractivity contribution in [2.75, 3.05) is 6.54 Å². The van der Waals surface area contributed by atoms with E-state index in [1.54, 1.807) is 0 Å². The summed E-state index contributed by atoms with van der Waals surface area (Å²) in [7, 11) is 2.04. The van der Waals surface area contributed by atoms with Crippen molar-refractivity contribution >= 4 is 11.6 Å². The molecule has 1 N–H and O–H groups in total. The van der Waals surface area contributed by atoms with E-state index in [-0.39, 0.29) is 6.04 Å². The Hall–Kier alpha value is -1.32. The Morgan fingerprint density at radius 3 is 2.80 bits per heavy atom. The second-order valence-electron chi connectivity index (χ2n) is 5.17. The third-order valence-corrected chi connectivity index (χ3v) is 3.79. The van der Waals surface area contributed by atoms with Crippen molar-refractivity contribution < 1.29 is 0 Å². The summed E-state index contributed by atoms with van der Waals surface area (Å²) in [4.78, 5) is 4.43. The van der Waals surface area contributed by atoms with Gasteiger partial charge in [-0.1, -0.05) is 24.6 Å². The van der Waals surface area contributed by atoms with Crippen molar-refractivity contribution in [2.24, 2.45) is 7.05 Å². The van der Waals surface area contributed by atoms with Gasteiger partial charge in [0.25, 0.3) is 0 Å². The van der Waals surface area contributed by atoms with Gasteiger partial charge < -0.3 is 9.88 Å². The monoisotopic (exact) mass is 291 g/mol. The third kappa shape index (κ3) is 3.62. The minimum Gasteiger partial charge on any atom is -0.338 e. The minimum atomic E-state index is 0.272. The summed E-state index contributed by atoms with van der Waals surface area (Å²) >= 11 is 6.06. The van der Waals surface area contributed by atoms with Gasteiger partial charge in [-0.2, -0.15) is 0 Å². The van der Waals surface area contributed by atoms with Crippen LogP contribution in [-0.2, 0) is 13.5 Å². The number of nitrogens with one attached hydrogen (secondary N) is 1. The fourth-order valence-electron chi connectivity index (χ4n) is 2.42. The lowest BCUT2D eigenvalue weighted by Crippen LogP contribution is -2.25. The van der Waals surface area contributed by atoms with Crippen LogP contribution in [0.1, 0.15) is 36.3 Å². The van der Waals surface area contributed by atoms with Gasteiger partial charge in [-0.05, 0) is 43.1 Å². The van der Waals surface area contributed by atoms with Crippen LogP contribution in [0.15, 0.2) is 30.6 Å². The van der Waals surface area contributed by atoms with E-state index in [1.807, 2.05) is 31.6 Å². The lowest BCUT2D eigenvalue weighted by molar-refractivity contribution is 0.510. The molecule has 0 aliphatic rings. The second-order valence-corrected chi connectivity index (χ2v) is 5.60. The Labute approximate surface area is 126 Å². The molecule has 1 atom stereocenters. The predicted octanol–water partition coefficient (Wildman–Crippen LogP) is 3.67. The van der Waals surface area contributed by atoms with Gasteiger partial charge in [0, 0.05) is 36.9 Å². The van der Waals surface area contributed by atoms with Crippen LogP contribution in [0.4, 0.5) is 0 Å². The highest BCUT2D eigenvalue weighted by molar-refractivity contribution is 6.30. The number of hydrogen-bond acceptors (Lipinski definition) is 2. The normalized spacial score (nSPS) is 12.6. The first-order valence-corrected chi connectivity index (χ1v) is 7.45. The molecule has 0 spiro atoms. The molecule has 20 heavy (non-hydrogen) atoms. The molecule has 0 fully saturated rings. The zero-order valence-corrected chi connectivity index (χ0v) is 13.1. The number of imidazole rings is 1. The van der Waals surface area contributed by atoms with E-state index >= 15 is 0 Å². The van der Waals surface area contributed by atoms with Gasteiger partial charge in [-0.15, -0.1) is 0 Å². The summed E-state index contributed by atoms with van der Waals surface area (Å²) < 4.78 is 2.08. The summed E-state index contributed by atoms with van der Waals surface area (Å²) in [6, 6.07) is 6.38. The average Bonchev–Trinajstić information content (AvgIpc) is 2.80. The van der Waals surface area contributed by atoms with E-state index in [9.17, 15) is 0 Å². The van der Waals surface area contributed by atoms with Crippen LogP contribution in [0.3, 0.4) is 0 Å². The molecule has 0 saturated heterocycles. The number of nitrogens with zero attached hydrogens (tertiary/aromatic N) is 2. The van der Waals surface area contributed by atoms with E-state index in [1.165, 1.54) is 11.1 Å². The molecule has 4 heteroatoms. The Kier molecular flexibility index (Phi) is 5.21. The van der Waals surface area contributed by atoms with Gasteiger partial charge in [-0.25, -0.2) is 4.98 Å². The quantitative estimate of drug-likeness (QED) is 0.880. The van der Waals surface area contributed by atoms with Crippen LogP contribution < -0.4 is 5.32 Å². The first-order chi connectivity index (χ1) is 9.61. The number of rotatable bonds is 6. The van der Waals surface area contributed by atoms with Crippen molar-refractivity contribution in [1.29, 1.82) is 0 Å². The van der Waals surface area contributed by atoms with Crippen LogP contribution in [0, 0.1) is 6.92 Å². The van der Waals surface area contributed by atoms with Gasteiger partial charge in [-0.3, -0.25) is 0 Å². The summed E-state index contributed by atoms with van der Waals surface area (Å²) in [5, 5.41) is 4.40. The van der Waals surface area contributed by atoms with Gasteiger partial charge in [0.15, 0.2) is 0 Å². The average molecular weight is 292 g/mol. The van der Waals surface area contributed by atoms with E-state index in [0.29, 0.717) is 0 Å². The standard InChI is InChI=1S/C16H22ClN3/c1-4-7-18-15(11-16-19-8-9-20(16)3)14-6-5-13(17)10-12(14)2/h5-6,8-10,15,18H,4,7,11H2,1-3H3. The van der Waals surface area contributed by atoms with Crippen molar-refractivity contribution in [3.8, 4) is 0 Å². The topological polar surface area (TPSA) is 29.9 Å². The smallest absolute Gasteiger partial charge is 0.110 e. The number of benzene rings is 1. The summed E-state index contributed by atoms with van der Waals surface area (Å²) in [5.74, 6) is 1.09. The van der Waals surface area contributed by atoms with Crippen LogP contribution in [0.2, 0.25) is 5.02 Å². The zero-order valence-electron chi connectivity index (χ0n) is 12.4. The lowest BCUT2D eigenvalue weighted by Gasteiger charge is -2.21. The molecule has 1 aromatic carbocycles.